The zero-order chi connectivity index (χ0) is 14.8. The van der Waals surface area contributed by atoms with Crippen LogP contribution in [0.25, 0.3) is 0 Å². The van der Waals surface area contributed by atoms with Gasteiger partial charge in [0.1, 0.15) is 6.17 Å². The molecule has 0 spiro atoms. The van der Waals surface area contributed by atoms with Crippen LogP contribution in [0.3, 0.4) is 0 Å². The highest BCUT2D eigenvalue weighted by atomic mass is 16.2. The summed E-state index contributed by atoms with van der Waals surface area (Å²) in [4.78, 5) is 14.8. The van der Waals surface area contributed by atoms with Crippen LogP contribution in [0.4, 0.5) is 0 Å². The Bertz CT molecular complexity index is 492. The molecule has 1 aromatic rings. The second kappa shape index (κ2) is 6.18. The summed E-state index contributed by atoms with van der Waals surface area (Å²) in [5.74, 6) is 0.311. The van der Waals surface area contributed by atoms with Crippen LogP contribution in [0.15, 0.2) is 24.3 Å². The van der Waals surface area contributed by atoms with E-state index in [1.807, 2.05) is 0 Å². The molecule has 3 rings (SSSR count). The van der Waals surface area contributed by atoms with E-state index in [0.29, 0.717) is 11.9 Å². The molecule has 1 N–H and O–H groups in total. The molecule has 2 fully saturated rings. The minimum atomic E-state index is 0.00597. The number of hydrogen-bond donors (Lipinski definition) is 1. The zero-order valence-corrected chi connectivity index (χ0v) is 13.1. The van der Waals surface area contributed by atoms with E-state index in [0.717, 1.165) is 32.1 Å². The Hall–Kier alpha value is -1.35. The molecule has 2 unspecified atom stereocenters. The van der Waals surface area contributed by atoms with E-state index < -0.39 is 0 Å². The number of hydrogen-bond acceptors (Lipinski definition) is 2. The highest BCUT2D eigenvalue weighted by Gasteiger charge is 2.44. The van der Waals surface area contributed by atoms with E-state index in [2.05, 4.69) is 48.3 Å². The molecule has 1 aromatic carbocycles. The Labute approximate surface area is 127 Å². The lowest BCUT2D eigenvalue weighted by Crippen LogP contribution is -2.44. The largest absolute Gasteiger partial charge is 0.319 e. The molecule has 1 aliphatic carbocycles. The summed E-state index contributed by atoms with van der Waals surface area (Å²) in [6, 6.07) is 9.20. The first-order valence-electron chi connectivity index (χ1n) is 8.41. The van der Waals surface area contributed by atoms with Crippen molar-refractivity contribution in [1.29, 1.82) is 0 Å². The lowest BCUT2D eigenvalue weighted by Gasteiger charge is -2.38. The summed E-state index contributed by atoms with van der Waals surface area (Å²) in [6.07, 6.45) is 6.70. The van der Waals surface area contributed by atoms with Crippen molar-refractivity contribution < 1.29 is 4.79 Å². The molecule has 0 radical (unpaired) electrons. The monoisotopic (exact) mass is 286 g/mol. The number of aryl methyl sites for hydroxylation is 1. The van der Waals surface area contributed by atoms with Crippen molar-refractivity contribution in [3.63, 3.8) is 0 Å². The SMILES string of the molecule is CCCC1NC(c2ccc(CC)cc2)N(C2CCC2)C1=O. The van der Waals surface area contributed by atoms with Gasteiger partial charge in [-0.05, 0) is 43.2 Å². The van der Waals surface area contributed by atoms with Gasteiger partial charge in [-0.2, -0.15) is 0 Å². The molecule has 3 heteroatoms. The molecule has 1 amide bonds. The molecule has 1 saturated carbocycles. The zero-order valence-electron chi connectivity index (χ0n) is 13.1. The van der Waals surface area contributed by atoms with E-state index in [4.69, 9.17) is 0 Å². The van der Waals surface area contributed by atoms with Crippen molar-refractivity contribution in [2.75, 3.05) is 0 Å². The molecule has 2 aliphatic rings. The summed E-state index contributed by atoms with van der Waals surface area (Å²) < 4.78 is 0. The van der Waals surface area contributed by atoms with Crippen LogP contribution in [0.2, 0.25) is 0 Å². The molecule has 0 bridgehead atoms. The number of benzene rings is 1. The Morgan fingerprint density at radius 2 is 1.90 bits per heavy atom. The van der Waals surface area contributed by atoms with E-state index in [9.17, 15) is 4.79 Å². The number of nitrogens with zero attached hydrogens (tertiary/aromatic N) is 1. The molecule has 1 saturated heterocycles. The van der Waals surface area contributed by atoms with Gasteiger partial charge < -0.3 is 4.90 Å². The van der Waals surface area contributed by atoms with Crippen molar-refractivity contribution in [3.05, 3.63) is 35.4 Å². The predicted molar refractivity (Wildman–Crippen MR) is 84.9 cm³/mol. The Kier molecular flexibility index (Phi) is 4.29. The van der Waals surface area contributed by atoms with Crippen LogP contribution in [-0.2, 0) is 11.2 Å². The standard InChI is InChI=1S/C18H26N2O/c1-3-6-16-18(21)20(15-7-5-8-15)17(19-16)14-11-9-13(4-2)10-12-14/h9-12,15-17,19H,3-8H2,1-2H3. The van der Waals surface area contributed by atoms with Crippen LogP contribution < -0.4 is 5.32 Å². The van der Waals surface area contributed by atoms with Crippen LogP contribution in [-0.4, -0.2) is 22.9 Å². The van der Waals surface area contributed by atoms with Gasteiger partial charge in [-0.15, -0.1) is 0 Å². The third-order valence-electron chi connectivity index (χ3n) is 4.94. The molecular weight excluding hydrogens is 260 g/mol. The Morgan fingerprint density at radius 3 is 2.43 bits per heavy atom. The van der Waals surface area contributed by atoms with E-state index >= 15 is 0 Å². The van der Waals surface area contributed by atoms with E-state index in [1.165, 1.54) is 17.5 Å². The summed E-state index contributed by atoms with van der Waals surface area (Å²) in [6.45, 7) is 4.32. The average Bonchev–Trinajstić information content (AvgIpc) is 2.76. The van der Waals surface area contributed by atoms with Gasteiger partial charge in [0.15, 0.2) is 0 Å². The predicted octanol–water partition coefficient (Wildman–Crippen LogP) is 3.40. The van der Waals surface area contributed by atoms with Crippen LogP contribution in [0.1, 0.15) is 63.2 Å². The Morgan fingerprint density at radius 1 is 1.19 bits per heavy atom. The third-order valence-corrected chi connectivity index (χ3v) is 4.94. The van der Waals surface area contributed by atoms with Crippen LogP contribution in [0, 0.1) is 0 Å². The van der Waals surface area contributed by atoms with Gasteiger partial charge in [-0.25, -0.2) is 0 Å². The number of carbonyl (C=O) groups excluding carboxylic acids is 1. The van der Waals surface area contributed by atoms with E-state index in [-0.39, 0.29) is 12.2 Å². The first-order valence-corrected chi connectivity index (χ1v) is 8.41. The van der Waals surface area contributed by atoms with Crippen molar-refractivity contribution in [2.45, 2.75) is 70.6 Å². The third kappa shape index (κ3) is 2.71. The molecule has 114 valence electrons. The summed E-state index contributed by atoms with van der Waals surface area (Å²) in [5.41, 5.74) is 2.58. The number of carbonyl (C=O) groups is 1. The fourth-order valence-electron chi connectivity index (χ4n) is 3.39. The second-order valence-corrected chi connectivity index (χ2v) is 6.34. The topological polar surface area (TPSA) is 32.3 Å². The summed E-state index contributed by atoms with van der Waals surface area (Å²) in [7, 11) is 0. The lowest BCUT2D eigenvalue weighted by molar-refractivity contribution is -0.134. The molecular formula is C18H26N2O. The first-order chi connectivity index (χ1) is 10.2. The van der Waals surface area contributed by atoms with Gasteiger partial charge in [0.05, 0.1) is 6.04 Å². The Balaban J connectivity index is 1.84. The van der Waals surface area contributed by atoms with Gasteiger partial charge >= 0.3 is 0 Å². The molecule has 3 nitrogen and oxygen atoms in total. The fourth-order valence-corrected chi connectivity index (χ4v) is 3.39. The quantitative estimate of drug-likeness (QED) is 0.899. The van der Waals surface area contributed by atoms with Gasteiger partial charge in [-0.3, -0.25) is 10.1 Å². The first kappa shape index (κ1) is 14.6. The van der Waals surface area contributed by atoms with Crippen LogP contribution >= 0.6 is 0 Å². The van der Waals surface area contributed by atoms with Crippen molar-refractivity contribution in [2.24, 2.45) is 0 Å². The van der Waals surface area contributed by atoms with Gasteiger partial charge in [0, 0.05) is 6.04 Å². The average molecular weight is 286 g/mol. The van der Waals surface area contributed by atoms with Gasteiger partial charge in [0.25, 0.3) is 0 Å². The fraction of sp³-hybridized carbons (Fsp3) is 0.611. The van der Waals surface area contributed by atoms with Crippen molar-refractivity contribution in [1.82, 2.24) is 10.2 Å². The summed E-state index contributed by atoms with van der Waals surface area (Å²) >= 11 is 0. The van der Waals surface area contributed by atoms with Crippen molar-refractivity contribution >= 4 is 5.91 Å². The normalized spacial score (nSPS) is 26.2. The second-order valence-electron chi connectivity index (χ2n) is 6.34. The van der Waals surface area contributed by atoms with E-state index in [1.54, 1.807) is 0 Å². The van der Waals surface area contributed by atoms with Crippen molar-refractivity contribution in [3.8, 4) is 0 Å². The number of nitrogens with one attached hydrogen (secondary N) is 1. The molecule has 2 atom stereocenters. The van der Waals surface area contributed by atoms with Gasteiger partial charge in [-0.1, -0.05) is 44.5 Å². The minimum Gasteiger partial charge on any atom is -0.319 e. The maximum atomic E-state index is 12.7. The number of rotatable bonds is 5. The maximum absolute atomic E-state index is 12.7. The molecule has 21 heavy (non-hydrogen) atoms. The van der Waals surface area contributed by atoms with Crippen LogP contribution in [0.5, 0.6) is 0 Å². The highest BCUT2D eigenvalue weighted by molar-refractivity contribution is 5.85. The minimum absolute atomic E-state index is 0.00597. The van der Waals surface area contributed by atoms with Gasteiger partial charge in [0.2, 0.25) is 5.91 Å². The molecule has 1 heterocycles. The maximum Gasteiger partial charge on any atom is 0.241 e. The summed E-state index contributed by atoms with van der Waals surface area (Å²) in [5, 5.41) is 3.57. The molecule has 1 aliphatic heterocycles. The molecule has 0 aromatic heterocycles. The lowest BCUT2D eigenvalue weighted by atomic mass is 9.90. The smallest absolute Gasteiger partial charge is 0.241 e. The highest BCUT2D eigenvalue weighted by Crippen LogP contribution is 2.36. The number of amides is 1.